The number of carbonyl (C=O) groups excluding carboxylic acids is 1. The maximum absolute atomic E-state index is 11.1. The molecule has 4 saturated carbocycles. The van der Waals surface area contributed by atoms with Crippen LogP contribution in [0, 0.1) is 46.8 Å². The first kappa shape index (κ1) is 16.2. The second-order valence-corrected chi connectivity index (χ2v) is 9.74. The molecule has 4 rings (SSSR count). The van der Waals surface area contributed by atoms with Gasteiger partial charge in [0.1, 0.15) is 6.29 Å². The molecule has 4 unspecified atom stereocenters. The third-order valence-electron chi connectivity index (χ3n) is 9.22. The summed E-state index contributed by atoms with van der Waals surface area (Å²) in [5, 5.41) is 0. The molecule has 4 aliphatic rings. The van der Waals surface area contributed by atoms with Crippen LogP contribution in [0.2, 0.25) is 0 Å². The van der Waals surface area contributed by atoms with Gasteiger partial charge >= 0.3 is 0 Å². The summed E-state index contributed by atoms with van der Waals surface area (Å²) in [6.07, 6.45) is 16.7. The monoisotopic (exact) mass is 316 g/mol. The minimum absolute atomic E-state index is 0.496. The molecule has 130 valence electrons. The smallest absolute Gasteiger partial charge is 0.120 e. The van der Waals surface area contributed by atoms with E-state index >= 15 is 0 Å². The summed E-state index contributed by atoms with van der Waals surface area (Å²) in [4.78, 5) is 11.1. The van der Waals surface area contributed by atoms with E-state index in [-0.39, 0.29) is 0 Å². The average Bonchev–Trinajstić information content (AvgIpc) is 2.91. The van der Waals surface area contributed by atoms with Crippen LogP contribution in [0.15, 0.2) is 0 Å². The molecule has 0 aromatic rings. The van der Waals surface area contributed by atoms with Crippen LogP contribution in [0.5, 0.6) is 0 Å². The highest BCUT2D eigenvalue weighted by Crippen LogP contribution is 2.64. The number of aldehydes is 1. The van der Waals surface area contributed by atoms with E-state index in [0.29, 0.717) is 11.3 Å². The molecule has 0 spiro atoms. The number of rotatable bonds is 3. The molecule has 0 aromatic heterocycles. The van der Waals surface area contributed by atoms with Crippen molar-refractivity contribution in [2.75, 3.05) is 0 Å². The second kappa shape index (κ2) is 6.19. The summed E-state index contributed by atoms with van der Waals surface area (Å²) >= 11 is 0. The van der Waals surface area contributed by atoms with Crippen LogP contribution in [0.25, 0.3) is 0 Å². The van der Waals surface area contributed by atoms with Crippen molar-refractivity contribution >= 4 is 6.29 Å². The fourth-order valence-corrected chi connectivity index (χ4v) is 7.93. The van der Waals surface area contributed by atoms with Crippen molar-refractivity contribution in [1.29, 1.82) is 0 Å². The normalized spacial score (nSPS) is 52.3. The predicted octanol–water partition coefficient (Wildman–Crippen LogP) is 5.87. The maximum atomic E-state index is 11.1. The lowest BCUT2D eigenvalue weighted by molar-refractivity contribution is -0.111. The molecule has 23 heavy (non-hydrogen) atoms. The third kappa shape index (κ3) is 2.52. The number of hydrogen-bond donors (Lipinski definition) is 0. The summed E-state index contributed by atoms with van der Waals surface area (Å²) in [6.45, 7) is 4.95. The topological polar surface area (TPSA) is 17.1 Å². The Hall–Kier alpha value is -0.330. The zero-order chi connectivity index (χ0) is 16.0. The first-order chi connectivity index (χ1) is 11.2. The lowest BCUT2D eigenvalue weighted by Crippen LogP contribution is -2.48. The Kier molecular flexibility index (Phi) is 4.35. The largest absolute Gasteiger partial charge is 0.303 e. The number of hydrogen-bond acceptors (Lipinski definition) is 1. The standard InChI is InChI=1S/C22H36O/c1-3-15-4-7-18-16(14-15)5-8-20-19(18)10-12-22(2)17(11-13-23)6-9-21(20)22/h13,15-21H,3-12,14H2,1-2H3/t15-,16?,17?,18-,19?,20+,21?,22+/m0/s1. The van der Waals surface area contributed by atoms with Gasteiger partial charge in [0.15, 0.2) is 0 Å². The van der Waals surface area contributed by atoms with Gasteiger partial charge in [-0.2, -0.15) is 0 Å². The van der Waals surface area contributed by atoms with Crippen molar-refractivity contribution in [2.45, 2.75) is 84.5 Å². The summed E-state index contributed by atoms with van der Waals surface area (Å²) in [7, 11) is 0. The van der Waals surface area contributed by atoms with Gasteiger partial charge in [-0.15, -0.1) is 0 Å². The Morgan fingerprint density at radius 1 is 0.957 bits per heavy atom. The lowest BCUT2D eigenvalue weighted by atomic mass is 9.49. The van der Waals surface area contributed by atoms with Crippen molar-refractivity contribution in [3.8, 4) is 0 Å². The number of fused-ring (bicyclic) bond motifs is 5. The molecule has 0 radical (unpaired) electrons. The minimum Gasteiger partial charge on any atom is -0.303 e. The molecule has 4 fully saturated rings. The highest BCUT2D eigenvalue weighted by molar-refractivity contribution is 5.50. The van der Waals surface area contributed by atoms with E-state index < -0.39 is 0 Å². The van der Waals surface area contributed by atoms with Gasteiger partial charge in [-0.3, -0.25) is 0 Å². The highest BCUT2D eigenvalue weighted by Gasteiger charge is 2.56. The van der Waals surface area contributed by atoms with Crippen LogP contribution < -0.4 is 0 Å². The Morgan fingerprint density at radius 2 is 1.78 bits per heavy atom. The molecule has 1 heteroatoms. The summed E-state index contributed by atoms with van der Waals surface area (Å²) in [5.74, 6) is 6.84. The summed E-state index contributed by atoms with van der Waals surface area (Å²) in [6, 6.07) is 0. The molecule has 4 aliphatic carbocycles. The van der Waals surface area contributed by atoms with E-state index in [9.17, 15) is 4.79 Å². The lowest BCUT2D eigenvalue weighted by Gasteiger charge is -2.56. The van der Waals surface area contributed by atoms with E-state index in [2.05, 4.69) is 13.8 Å². The first-order valence-electron chi connectivity index (χ1n) is 10.6. The molecule has 1 nitrogen and oxygen atoms in total. The molecular formula is C22H36O. The van der Waals surface area contributed by atoms with Crippen molar-refractivity contribution in [1.82, 2.24) is 0 Å². The third-order valence-corrected chi connectivity index (χ3v) is 9.22. The predicted molar refractivity (Wildman–Crippen MR) is 95.1 cm³/mol. The number of carbonyl (C=O) groups is 1. The molecule has 0 amide bonds. The summed E-state index contributed by atoms with van der Waals surface area (Å²) in [5.41, 5.74) is 0.496. The molecule has 0 N–H and O–H groups in total. The quantitative estimate of drug-likeness (QED) is 0.595. The van der Waals surface area contributed by atoms with Crippen LogP contribution in [-0.4, -0.2) is 6.29 Å². The molecule has 0 heterocycles. The SMILES string of the molecule is CC[C@H]1CC[C@H]2C(CC[C@@H]3C2CC[C@]2(C)C(CC=O)CCC32)C1. The second-order valence-electron chi connectivity index (χ2n) is 9.74. The van der Waals surface area contributed by atoms with Crippen molar-refractivity contribution < 1.29 is 4.79 Å². The van der Waals surface area contributed by atoms with E-state index in [1.54, 1.807) is 6.42 Å². The Labute approximate surface area is 143 Å². The van der Waals surface area contributed by atoms with E-state index in [1.165, 1.54) is 64.1 Å². The zero-order valence-electron chi connectivity index (χ0n) is 15.3. The van der Waals surface area contributed by atoms with Crippen LogP contribution in [-0.2, 0) is 4.79 Å². The van der Waals surface area contributed by atoms with Crippen molar-refractivity contribution in [2.24, 2.45) is 46.8 Å². The summed E-state index contributed by atoms with van der Waals surface area (Å²) < 4.78 is 0. The molecule has 0 aliphatic heterocycles. The average molecular weight is 317 g/mol. The van der Waals surface area contributed by atoms with Gasteiger partial charge < -0.3 is 4.79 Å². The zero-order valence-corrected chi connectivity index (χ0v) is 15.3. The molecule has 8 atom stereocenters. The van der Waals surface area contributed by atoms with Crippen molar-refractivity contribution in [3.63, 3.8) is 0 Å². The highest BCUT2D eigenvalue weighted by atomic mass is 16.1. The van der Waals surface area contributed by atoms with Crippen LogP contribution >= 0.6 is 0 Å². The molecular weight excluding hydrogens is 280 g/mol. The molecule has 0 saturated heterocycles. The van der Waals surface area contributed by atoms with Gasteiger partial charge in [0.25, 0.3) is 0 Å². The van der Waals surface area contributed by atoms with E-state index in [0.717, 1.165) is 41.9 Å². The van der Waals surface area contributed by atoms with Gasteiger partial charge in [0.2, 0.25) is 0 Å². The van der Waals surface area contributed by atoms with Gasteiger partial charge in [0.05, 0.1) is 0 Å². The maximum Gasteiger partial charge on any atom is 0.120 e. The van der Waals surface area contributed by atoms with Crippen LogP contribution in [0.4, 0.5) is 0 Å². The Bertz CT molecular complexity index is 443. The fraction of sp³-hybridized carbons (Fsp3) is 0.955. The van der Waals surface area contributed by atoms with Gasteiger partial charge in [0, 0.05) is 6.42 Å². The van der Waals surface area contributed by atoms with Crippen molar-refractivity contribution in [3.05, 3.63) is 0 Å². The van der Waals surface area contributed by atoms with Gasteiger partial charge in [-0.25, -0.2) is 0 Å². The van der Waals surface area contributed by atoms with Crippen LogP contribution in [0.3, 0.4) is 0 Å². The first-order valence-corrected chi connectivity index (χ1v) is 10.6. The van der Waals surface area contributed by atoms with Gasteiger partial charge in [-0.1, -0.05) is 26.7 Å². The van der Waals surface area contributed by atoms with Gasteiger partial charge in [-0.05, 0) is 98.2 Å². The van der Waals surface area contributed by atoms with E-state index in [4.69, 9.17) is 0 Å². The van der Waals surface area contributed by atoms with Crippen LogP contribution in [0.1, 0.15) is 84.5 Å². The minimum atomic E-state index is 0.496. The molecule has 0 aromatic carbocycles. The van der Waals surface area contributed by atoms with E-state index in [1.807, 2.05) is 0 Å². The Morgan fingerprint density at radius 3 is 2.57 bits per heavy atom. The Balaban J connectivity index is 1.51. The molecule has 0 bridgehead atoms. The fourth-order valence-electron chi connectivity index (χ4n) is 7.93.